The van der Waals surface area contributed by atoms with Crippen molar-refractivity contribution in [1.29, 1.82) is 0 Å². The van der Waals surface area contributed by atoms with Gasteiger partial charge in [-0.3, -0.25) is 0 Å². The first-order chi connectivity index (χ1) is 7.04. The number of halogens is 3. The Morgan fingerprint density at radius 2 is 2.00 bits per heavy atom. The SMILES string of the molecule is CCCCCCc1cc(C(F)(F)F)on1. The first-order valence-corrected chi connectivity index (χ1v) is 5.07. The maximum absolute atomic E-state index is 12.1. The summed E-state index contributed by atoms with van der Waals surface area (Å²) < 4.78 is 40.5. The van der Waals surface area contributed by atoms with E-state index in [9.17, 15) is 13.2 Å². The van der Waals surface area contributed by atoms with Gasteiger partial charge >= 0.3 is 6.18 Å². The lowest BCUT2D eigenvalue weighted by molar-refractivity contribution is -0.155. The highest BCUT2D eigenvalue weighted by molar-refractivity contribution is 5.08. The molecule has 0 radical (unpaired) electrons. The molecule has 0 spiro atoms. The van der Waals surface area contributed by atoms with Crippen LogP contribution in [0.1, 0.15) is 44.1 Å². The van der Waals surface area contributed by atoms with Crippen LogP contribution >= 0.6 is 0 Å². The Labute approximate surface area is 86.4 Å². The third kappa shape index (κ3) is 3.93. The van der Waals surface area contributed by atoms with Crippen molar-refractivity contribution >= 4 is 0 Å². The van der Waals surface area contributed by atoms with Crippen molar-refractivity contribution in [3.8, 4) is 0 Å². The summed E-state index contributed by atoms with van der Waals surface area (Å²) in [6.45, 7) is 2.08. The molecule has 1 aromatic rings. The number of hydrogen-bond acceptors (Lipinski definition) is 2. The third-order valence-electron chi connectivity index (χ3n) is 2.12. The van der Waals surface area contributed by atoms with Gasteiger partial charge in [-0.1, -0.05) is 31.3 Å². The van der Waals surface area contributed by atoms with Gasteiger partial charge in [-0.15, -0.1) is 0 Å². The summed E-state index contributed by atoms with van der Waals surface area (Å²) in [4.78, 5) is 0. The third-order valence-corrected chi connectivity index (χ3v) is 2.12. The summed E-state index contributed by atoms with van der Waals surface area (Å²) in [5, 5.41) is 3.39. The summed E-state index contributed by atoms with van der Waals surface area (Å²) in [5.74, 6) is -1.01. The standard InChI is InChI=1S/C10H14F3NO/c1-2-3-4-5-6-8-7-9(15-14-8)10(11,12)13/h7H,2-6H2,1H3. The molecular weight excluding hydrogens is 207 g/mol. The monoisotopic (exact) mass is 221 g/mol. The molecule has 86 valence electrons. The van der Waals surface area contributed by atoms with Crippen molar-refractivity contribution in [2.24, 2.45) is 0 Å². The summed E-state index contributed by atoms with van der Waals surface area (Å²) in [5.41, 5.74) is 0.387. The van der Waals surface area contributed by atoms with Crippen LogP contribution in [0, 0.1) is 0 Å². The summed E-state index contributed by atoms with van der Waals surface area (Å²) in [6, 6.07) is 0.978. The van der Waals surface area contributed by atoms with Crippen molar-refractivity contribution in [1.82, 2.24) is 5.16 Å². The van der Waals surface area contributed by atoms with Crippen molar-refractivity contribution in [2.45, 2.75) is 45.2 Å². The summed E-state index contributed by atoms with van der Waals surface area (Å²) in [7, 11) is 0. The maximum atomic E-state index is 12.1. The molecule has 0 aliphatic heterocycles. The van der Waals surface area contributed by atoms with Crippen LogP contribution in [0.5, 0.6) is 0 Å². The Kier molecular flexibility index (Phi) is 4.17. The Hall–Kier alpha value is -1.00. The molecule has 0 saturated carbocycles. The predicted octanol–water partition coefficient (Wildman–Crippen LogP) is 3.82. The van der Waals surface area contributed by atoms with Crippen molar-refractivity contribution < 1.29 is 17.7 Å². The fraction of sp³-hybridized carbons (Fsp3) is 0.700. The van der Waals surface area contributed by atoms with E-state index in [2.05, 4.69) is 16.6 Å². The predicted molar refractivity (Wildman–Crippen MR) is 49.4 cm³/mol. The second-order valence-corrected chi connectivity index (χ2v) is 3.49. The minimum absolute atomic E-state index is 0.387. The quantitative estimate of drug-likeness (QED) is 0.706. The van der Waals surface area contributed by atoms with Gasteiger partial charge in [0, 0.05) is 6.07 Å². The molecule has 0 aromatic carbocycles. The summed E-state index contributed by atoms with van der Waals surface area (Å²) in [6.07, 6.45) is 0.216. The lowest BCUT2D eigenvalue weighted by Crippen LogP contribution is -2.02. The van der Waals surface area contributed by atoms with E-state index >= 15 is 0 Å². The molecule has 0 atom stereocenters. The van der Waals surface area contributed by atoms with Crippen LogP contribution < -0.4 is 0 Å². The Bertz CT molecular complexity index is 293. The van der Waals surface area contributed by atoms with Crippen LogP contribution in [0.4, 0.5) is 13.2 Å². The molecule has 0 amide bonds. The number of aryl methyl sites for hydroxylation is 1. The number of aromatic nitrogens is 1. The smallest absolute Gasteiger partial charge is 0.351 e. The van der Waals surface area contributed by atoms with E-state index in [0.717, 1.165) is 31.7 Å². The van der Waals surface area contributed by atoms with E-state index in [-0.39, 0.29) is 0 Å². The Morgan fingerprint density at radius 1 is 1.27 bits per heavy atom. The highest BCUT2D eigenvalue weighted by Crippen LogP contribution is 2.29. The zero-order valence-electron chi connectivity index (χ0n) is 8.60. The highest BCUT2D eigenvalue weighted by Gasteiger charge is 2.35. The lowest BCUT2D eigenvalue weighted by atomic mass is 10.1. The van der Waals surface area contributed by atoms with Gasteiger partial charge < -0.3 is 4.52 Å². The maximum Gasteiger partial charge on any atom is 0.452 e. The summed E-state index contributed by atoms with van der Waals surface area (Å²) >= 11 is 0. The lowest BCUT2D eigenvalue weighted by Gasteiger charge is -1.97. The topological polar surface area (TPSA) is 26.0 Å². The van der Waals surface area contributed by atoms with Crippen LogP contribution in [-0.4, -0.2) is 5.16 Å². The largest absolute Gasteiger partial charge is 0.452 e. The Balaban J connectivity index is 2.40. The van der Waals surface area contributed by atoms with Gasteiger partial charge in [-0.05, 0) is 12.8 Å². The van der Waals surface area contributed by atoms with Gasteiger partial charge in [0.05, 0.1) is 5.69 Å². The molecule has 0 unspecified atom stereocenters. The van der Waals surface area contributed by atoms with E-state index in [1.807, 2.05) is 0 Å². The van der Waals surface area contributed by atoms with Gasteiger partial charge in [0.25, 0.3) is 0 Å². The zero-order chi connectivity index (χ0) is 11.3. The van der Waals surface area contributed by atoms with E-state index in [1.165, 1.54) is 0 Å². The van der Waals surface area contributed by atoms with Gasteiger partial charge in [0.15, 0.2) is 0 Å². The Morgan fingerprint density at radius 3 is 2.53 bits per heavy atom. The molecular formula is C10H14F3NO. The molecule has 0 aliphatic rings. The number of unbranched alkanes of at least 4 members (excludes halogenated alkanes) is 3. The average Bonchev–Trinajstić information content (AvgIpc) is 2.60. The first kappa shape index (κ1) is 12.1. The molecule has 0 aliphatic carbocycles. The van der Waals surface area contributed by atoms with Crippen molar-refractivity contribution in [2.75, 3.05) is 0 Å². The van der Waals surface area contributed by atoms with Crippen LogP contribution in [0.15, 0.2) is 10.6 Å². The molecule has 1 aromatic heterocycles. The molecule has 1 rings (SSSR count). The normalized spacial score (nSPS) is 12.0. The second kappa shape index (κ2) is 5.19. The van der Waals surface area contributed by atoms with Crippen molar-refractivity contribution in [3.63, 3.8) is 0 Å². The average molecular weight is 221 g/mol. The fourth-order valence-corrected chi connectivity index (χ4v) is 1.30. The molecule has 2 nitrogen and oxygen atoms in total. The van der Waals surface area contributed by atoms with Gasteiger partial charge in [0.2, 0.25) is 5.76 Å². The molecule has 0 N–H and O–H groups in total. The molecule has 5 heteroatoms. The minimum Gasteiger partial charge on any atom is -0.351 e. The van der Waals surface area contributed by atoms with Gasteiger partial charge in [0.1, 0.15) is 0 Å². The van der Waals surface area contributed by atoms with Crippen LogP contribution in [-0.2, 0) is 12.6 Å². The van der Waals surface area contributed by atoms with E-state index in [0.29, 0.717) is 12.1 Å². The molecule has 15 heavy (non-hydrogen) atoms. The number of alkyl halides is 3. The number of nitrogens with zero attached hydrogens (tertiary/aromatic N) is 1. The first-order valence-electron chi connectivity index (χ1n) is 5.07. The molecule has 0 saturated heterocycles. The van der Waals surface area contributed by atoms with E-state index in [4.69, 9.17) is 0 Å². The highest BCUT2D eigenvalue weighted by atomic mass is 19.4. The van der Waals surface area contributed by atoms with Crippen LogP contribution in [0.25, 0.3) is 0 Å². The molecule has 0 bridgehead atoms. The van der Waals surface area contributed by atoms with E-state index < -0.39 is 11.9 Å². The van der Waals surface area contributed by atoms with Crippen LogP contribution in [0.2, 0.25) is 0 Å². The van der Waals surface area contributed by atoms with Gasteiger partial charge in [-0.2, -0.15) is 13.2 Å². The second-order valence-electron chi connectivity index (χ2n) is 3.49. The van der Waals surface area contributed by atoms with Crippen LogP contribution in [0.3, 0.4) is 0 Å². The number of hydrogen-bond donors (Lipinski definition) is 0. The minimum atomic E-state index is -4.42. The van der Waals surface area contributed by atoms with Gasteiger partial charge in [-0.25, -0.2) is 0 Å². The zero-order valence-corrected chi connectivity index (χ0v) is 8.60. The van der Waals surface area contributed by atoms with E-state index in [1.54, 1.807) is 0 Å². The fourth-order valence-electron chi connectivity index (χ4n) is 1.30. The number of rotatable bonds is 5. The molecule has 1 heterocycles. The molecule has 0 fully saturated rings. The van der Waals surface area contributed by atoms with Crippen molar-refractivity contribution in [3.05, 3.63) is 17.5 Å².